The summed E-state index contributed by atoms with van der Waals surface area (Å²) in [5.74, 6) is 1.41. The molecule has 0 aliphatic heterocycles. The molecule has 2 fully saturated rings. The summed E-state index contributed by atoms with van der Waals surface area (Å²) in [6.07, 6.45) is 3.97. The molecule has 4 rings (SSSR count). The van der Waals surface area contributed by atoms with E-state index in [9.17, 15) is 4.79 Å². The van der Waals surface area contributed by atoms with Crippen LogP contribution >= 0.6 is 22.7 Å². The molecular formula is C15H18N4OS2. The van der Waals surface area contributed by atoms with Crippen LogP contribution < -0.4 is 10.6 Å². The number of carbonyl (C=O) groups is 1. The van der Waals surface area contributed by atoms with Gasteiger partial charge in [0.25, 0.3) is 5.91 Å². The van der Waals surface area contributed by atoms with Gasteiger partial charge in [-0.1, -0.05) is 11.3 Å². The molecule has 2 aliphatic rings. The van der Waals surface area contributed by atoms with Crippen LogP contribution in [0.1, 0.15) is 45.4 Å². The van der Waals surface area contributed by atoms with E-state index in [2.05, 4.69) is 20.8 Å². The van der Waals surface area contributed by atoms with Crippen LogP contribution in [-0.2, 0) is 0 Å². The lowest BCUT2D eigenvalue weighted by Gasteiger charge is -2.00. The Morgan fingerprint density at radius 2 is 2.27 bits per heavy atom. The Morgan fingerprint density at radius 3 is 3.00 bits per heavy atom. The number of nitrogens with zero attached hydrogens (tertiary/aromatic N) is 2. The molecule has 2 aromatic heterocycles. The Balaban J connectivity index is 1.34. The van der Waals surface area contributed by atoms with Crippen molar-refractivity contribution in [1.29, 1.82) is 0 Å². The first kappa shape index (κ1) is 14.3. The zero-order chi connectivity index (χ0) is 15.1. The minimum absolute atomic E-state index is 0.0956. The second-order valence-electron chi connectivity index (χ2n) is 6.12. The van der Waals surface area contributed by atoms with Gasteiger partial charge in [-0.25, -0.2) is 0 Å². The summed E-state index contributed by atoms with van der Waals surface area (Å²) in [6, 6.07) is 2.64. The summed E-state index contributed by atoms with van der Waals surface area (Å²) in [4.78, 5) is 13.5. The van der Waals surface area contributed by atoms with Crippen LogP contribution in [0.15, 0.2) is 11.4 Å². The van der Waals surface area contributed by atoms with E-state index in [0.717, 1.165) is 23.0 Å². The predicted octanol–water partition coefficient (Wildman–Crippen LogP) is 3.02. The van der Waals surface area contributed by atoms with Crippen molar-refractivity contribution in [3.63, 3.8) is 0 Å². The van der Waals surface area contributed by atoms with Crippen LogP contribution in [0.25, 0.3) is 0 Å². The topological polar surface area (TPSA) is 66.9 Å². The summed E-state index contributed by atoms with van der Waals surface area (Å²) in [7, 11) is 0. The standard InChI is InChI=1S/C15H18N4OS2/c1-8-18-19-15(22-8)17-14(20)10-4-13(21-7-10)11-5-12(11)16-6-9-2-3-9/h4,7,9,11-12,16H,2-3,5-6H2,1H3,(H,17,19,20)/t11-,12-/m1/s1. The molecular weight excluding hydrogens is 316 g/mol. The van der Waals surface area contributed by atoms with Gasteiger partial charge in [-0.05, 0) is 44.7 Å². The number of aromatic nitrogens is 2. The van der Waals surface area contributed by atoms with E-state index in [4.69, 9.17) is 0 Å². The van der Waals surface area contributed by atoms with Crippen LogP contribution in [0, 0.1) is 12.8 Å². The molecule has 2 aliphatic carbocycles. The molecule has 0 radical (unpaired) electrons. The zero-order valence-corrected chi connectivity index (χ0v) is 14.0. The van der Waals surface area contributed by atoms with Gasteiger partial charge >= 0.3 is 0 Å². The zero-order valence-electron chi connectivity index (χ0n) is 12.3. The van der Waals surface area contributed by atoms with E-state index < -0.39 is 0 Å². The van der Waals surface area contributed by atoms with Gasteiger partial charge in [0.1, 0.15) is 5.01 Å². The van der Waals surface area contributed by atoms with Gasteiger partial charge in [0, 0.05) is 22.2 Å². The summed E-state index contributed by atoms with van der Waals surface area (Å²) < 4.78 is 0. The Kier molecular flexibility index (Phi) is 3.71. The van der Waals surface area contributed by atoms with Crippen molar-refractivity contribution in [2.75, 3.05) is 11.9 Å². The molecule has 0 saturated heterocycles. The second-order valence-corrected chi connectivity index (χ2v) is 8.24. The minimum atomic E-state index is -0.0956. The number of thiophene rings is 1. The molecule has 2 aromatic rings. The lowest BCUT2D eigenvalue weighted by Crippen LogP contribution is -2.20. The van der Waals surface area contributed by atoms with Crippen molar-refractivity contribution in [2.24, 2.45) is 5.92 Å². The van der Waals surface area contributed by atoms with E-state index in [1.165, 1.54) is 35.5 Å². The number of aryl methyl sites for hydroxylation is 1. The normalized spacial score (nSPS) is 23.5. The Hall–Kier alpha value is -1.31. The largest absolute Gasteiger partial charge is 0.313 e. The van der Waals surface area contributed by atoms with E-state index >= 15 is 0 Å². The van der Waals surface area contributed by atoms with Gasteiger partial charge in [-0.3, -0.25) is 10.1 Å². The van der Waals surface area contributed by atoms with Crippen molar-refractivity contribution in [1.82, 2.24) is 15.5 Å². The highest BCUT2D eigenvalue weighted by atomic mass is 32.1. The summed E-state index contributed by atoms with van der Waals surface area (Å²) in [5.41, 5.74) is 0.723. The third-order valence-electron chi connectivity index (χ3n) is 4.15. The average molecular weight is 334 g/mol. The number of hydrogen-bond acceptors (Lipinski definition) is 6. The lowest BCUT2D eigenvalue weighted by molar-refractivity contribution is 0.102. The van der Waals surface area contributed by atoms with Crippen LogP contribution in [0.3, 0.4) is 0 Å². The fourth-order valence-electron chi connectivity index (χ4n) is 2.56. The molecule has 2 saturated carbocycles. The lowest BCUT2D eigenvalue weighted by atomic mass is 10.2. The van der Waals surface area contributed by atoms with E-state index in [1.807, 2.05) is 18.4 Å². The van der Waals surface area contributed by atoms with E-state index in [0.29, 0.717) is 17.1 Å². The number of nitrogens with one attached hydrogen (secondary N) is 2. The third kappa shape index (κ3) is 3.21. The highest BCUT2D eigenvalue weighted by Gasteiger charge is 2.40. The maximum absolute atomic E-state index is 12.2. The first-order chi connectivity index (χ1) is 10.7. The van der Waals surface area contributed by atoms with Gasteiger partial charge in [0.05, 0.1) is 5.56 Å². The van der Waals surface area contributed by atoms with Gasteiger partial charge in [-0.15, -0.1) is 21.5 Å². The van der Waals surface area contributed by atoms with Crippen LogP contribution in [0.5, 0.6) is 0 Å². The van der Waals surface area contributed by atoms with Crippen molar-refractivity contribution in [3.8, 4) is 0 Å². The molecule has 5 nitrogen and oxygen atoms in total. The summed E-state index contributed by atoms with van der Waals surface area (Å²) in [6.45, 7) is 3.04. The molecule has 116 valence electrons. The molecule has 0 spiro atoms. The van der Waals surface area contributed by atoms with Crippen molar-refractivity contribution >= 4 is 33.7 Å². The smallest absolute Gasteiger partial charge is 0.258 e. The van der Waals surface area contributed by atoms with E-state index in [-0.39, 0.29) is 5.91 Å². The number of amides is 1. The molecule has 0 aromatic carbocycles. The highest BCUT2D eigenvalue weighted by molar-refractivity contribution is 7.15. The first-order valence-corrected chi connectivity index (χ1v) is 9.32. The molecule has 2 heterocycles. The Bertz CT molecular complexity index is 691. The number of anilines is 1. The maximum Gasteiger partial charge on any atom is 0.258 e. The Labute approximate surface area is 137 Å². The van der Waals surface area contributed by atoms with Gasteiger partial charge in [-0.2, -0.15) is 0 Å². The van der Waals surface area contributed by atoms with Gasteiger partial charge in [0.15, 0.2) is 0 Å². The molecule has 7 heteroatoms. The van der Waals surface area contributed by atoms with Crippen molar-refractivity contribution in [2.45, 2.75) is 38.1 Å². The number of hydrogen-bond donors (Lipinski definition) is 2. The molecule has 2 atom stereocenters. The van der Waals surface area contributed by atoms with E-state index in [1.54, 1.807) is 11.3 Å². The summed E-state index contributed by atoms with van der Waals surface area (Å²) >= 11 is 3.08. The quantitative estimate of drug-likeness (QED) is 0.852. The predicted molar refractivity (Wildman–Crippen MR) is 88.8 cm³/mol. The summed E-state index contributed by atoms with van der Waals surface area (Å²) in [5, 5.41) is 17.6. The molecule has 22 heavy (non-hydrogen) atoms. The van der Waals surface area contributed by atoms with Gasteiger partial charge < -0.3 is 5.32 Å². The van der Waals surface area contributed by atoms with Crippen molar-refractivity contribution < 1.29 is 4.79 Å². The van der Waals surface area contributed by atoms with Crippen molar-refractivity contribution in [3.05, 3.63) is 26.9 Å². The number of carbonyl (C=O) groups excluding carboxylic acids is 1. The fourth-order valence-corrected chi connectivity index (χ4v) is 4.21. The average Bonchev–Trinajstić information content (AvgIpc) is 3.38. The fraction of sp³-hybridized carbons (Fsp3) is 0.533. The maximum atomic E-state index is 12.2. The highest BCUT2D eigenvalue weighted by Crippen LogP contribution is 2.44. The Morgan fingerprint density at radius 1 is 1.41 bits per heavy atom. The van der Waals surface area contributed by atoms with Crippen LogP contribution in [-0.4, -0.2) is 28.7 Å². The second kappa shape index (κ2) is 5.72. The van der Waals surface area contributed by atoms with Crippen LogP contribution in [0.4, 0.5) is 5.13 Å². The molecule has 0 unspecified atom stereocenters. The molecule has 2 N–H and O–H groups in total. The minimum Gasteiger partial charge on any atom is -0.313 e. The number of rotatable bonds is 6. The SMILES string of the molecule is Cc1nnc(NC(=O)c2csc([C@@H]3C[C@H]3NCC3CC3)c2)s1. The van der Waals surface area contributed by atoms with Gasteiger partial charge in [0.2, 0.25) is 5.13 Å². The molecule has 0 bridgehead atoms. The third-order valence-corrected chi connectivity index (χ3v) is 5.97. The van der Waals surface area contributed by atoms with Crippen LogP contribution in [0.2, 0.25) is 0 Å². The molecule has 1 amide bonds. The monoisotopic (exact) mass is 334 g/mol. The first-order valence-electron chi connectivity index (χ1n) is 7.62.